The van der Waals surface area contributed by atoms with E-state index in [2.05, 4.69) is 16.9 Å². The summed E-state index contributed by atoms with van der Waals surface area (Å²) in [7, 11) is 0. The second kappa shape index (κ2) is 2.86. The molecule has 0 spiro atoms. The molecule has 0 saturated heterocycles. The Morgan fingerprint density at radius 2 is 2.14 bits per heavy atom. The molecular weight excluding hydrogens is 194 g/mol. The molecule has 0 amide bonds. The van der Waals surface area contributed by atoms with Crippen LogP contribution in [0, 0.1) is 5.92 Å². The van der Waals surface area contributed by atoms with E-state index >= 15 is 0 Å². The molecule has 2 atom stereocenters. The lowest BCUT2D eigenvalue weighted by molar-refractivity contribution is 0.831. The molecule has 2 aliphatic rings. The minimum Gasteiger partial charge on any atom is -0.383 e. The van der Waals surface area contributed by atoms with Crippen molar-refractivity contribution in [3.8, 4) is 0 Å². The predicted octanol–water partition coefficient (Wildman–Crippen LogP) is 1.93. The highest BCUT2D eigenvalue weighted by atomic mass is 32.2. The molecule has 4 heteroatoms. The van der Waals surface area contributed by atoms with Crippen molar-refractivity contribution >= 4 is 17.6 Å². The van der Waals surface area contributed by atoms with Crippen molar-refractivity contribution in [1.29, 1.82) is 0 Å². The number of anilines is 1. The number of thioether (sulfide) groups is 1. The topological polar surface area (TPSA) is 51.8 Å². The molecule has 2 heterocycles. The maximum Gasteiger partial charge on any atom is 0.134 e. The van der Waals surface area contributed by atoms with Gasteiger partial charge >= 0.3 is 0 Å². The second-order valence-electron chi connectivity index (χ2n) is 4.20. The van der Waals surface area contributed by atoms with Gasteiger partial charge in [-0.3, -0.25) is 0 Å². The molecule has 14 heavy (non-hydrogen) atoms. The molecule has 1 fully saturated rings. The lowest BCUT2D eigenvalue weighted by Crippen LogP contribution is -2.04. The predicted molar refractivity (Wildman–Crippen MR) is 58.0 cm³/mol. The highest BCUT2D eigenvalue weighted by Crippen LogP contribution is 2.46. The average molecular weight is 207 g/mol. The Bertz CT molecular complexity index is 391. The van der Waals surface area contributed by atoms with Crippen LogP contribution in [0.4, 0.5) is 5.82 Å². The summed E-state index contributed by atoms with van der Waals surface area (Å²) in [6, 6.07) is 0. The molecule has 2 unspecified atom stereocenters. The number of hydrogen-bond acceptors (Lipinski definition) is 4. The van der Waals surface area contributed by atoms with Gasteiger partial charge in [-0.2, -0.15) is 11.8 Å². The van der Waals surface area contributed by atoms with E-state index in [4.69, 9.17) is 5.73 Å². The van der Waals surface area contributed by atoms with Gasteiger partial charge in [0.05, 0.1) is 5.69 Å². The zero-order valence-corrected chi connectivity index (χ0v) is 8.97. The first-order valence-electron chi connectivity index (χ1n) is 4.98. The van der Waals surface area contributed by atoms with Crippen molar-refractivity contribution in [2.45, 2.75) is 30.8 Å². The average Bonchev–Trinajstić information content (AvgIpc) is 2.71. The fourth-order valence-electron chi connectivity index (χ4n) is 1.94. The third kappa shape index (κ3) is 1.21. The Labute approximate surface area is 87.5 Å². The fraction of sp³-hybridized carbons (Fsp3) is 0.600. The molecule has 3 nitrogen and oxygen atoms in total. The zero-order chi connectivity index (χ0) is 9.71. The van der Waals surface area contributed by atoms with Gasteiger partial charge < -0.3 is 5.73 Å². The number of fused-ring (bicyclic) bond motifs is 1. The van der Waals surface area contributed by atoms with Gasteiger partial charge in [0.25, 0.3) is 0 Å². The largest absolute Gasteiger partial charge is 0.383 e. The van der Waals surface area contributed by atoms with Gasteiger partial charge in [0.2, 0.25) is 0 Å². The number of nitrogens with zero attached hydrogens (tertiary/aromatic N) is 2. The maximum atomic E-state index is 5.92. The molecule has 74 valence electrons. The smallest absolute Gasteiger partial charge is 0.134 e. The number of aromatic nitrogens is 2. The third-order valence-corrected chi connectivity index (χ3v) is 4.04. The minimum atomic E-state index is 0.577. The Kier molecular flexibility index (Phi) is 1.74. The van der Waals surface area contributed by atoms with E-state index in [1.165, 1.54) is 17.7 Å². The number of rotatable bonds is 1. The summed E-state index contributed by atoms with van der Waals surface area (Å²) in [5.74, 6) is 5.03. The molecule has 0 radical (unpaired) electrons. The number of hydrogen-bond donors (Lipinski definition) is 1. The van der Waals surface area contributed by atoms with E-state index in [0.717, 1.165) is 23.2 Å². The van der Waals surface area contributed by atoms with Crippen LogP contribution in [-0.2, 0) is 11.5 Å². The molecule has 1 aromatic heterocycles. The maximum absolute atomic E-state index is 5.92. The van der Waals surface area contributed by atoms with Gasteiger partial charge in [-0.15, -0.1) is 0 Å². The summed E-state index contributed by atoms with van der Waals surface area (Å²) >= 11 is 1.88. The van der Waals surface area contributed by atoms with Crippen molar-refractivity contribution in [1.82, 2.24) is 9.97 Å². The molecule has 1 saturated carbocycles. The molecule has 3 rings (SSSR count). The van der Waals surface area contributed by atoms with Gasteiger partial charge in [0, 0.05) is 23.0 Å². The van der Waals surface area contributed by atoms with Gasteiger partial charge in [0.15, 0.2) is 0 Å². The van der Waals surface area contributed by atoms with E-state index in [1.807, 2.05) is 11.8 Å². The Balaban J connectivity index is 2.03. The minimum absolute atomic E-state index is 0.577. The first kappa shape index (κ1) is 8.53. The highest BCUT2D eigenvalue weighted by molar-refractivity contribution is 7.98. The van der Waals surface area contributed by atoms with E-state index in [1.54, 1.807) is 0 Å². The van der Waals surface area contributed by atoms with Crippen molar-refractivity contribution in [2.75, 3.05) is 5.73 Å². The standard InChI is InChI=1S/C10H13N3S/c1-5-2-6(5)10-12-8-4-14-3-7(8)9(11)13-10/h5-6H,2-4H2,1H3,(H2,11,12,13). The lowest BCUT2D eigenvalue weighted by atomic mass is 10.2. The van der Waals surface area contributed by atoms with Gasteiger partial charge in [0.1, 0.15) is 11.6 Å². The van der Waals surface area contributed by atoms with Gasteiger partial charge in [-0.1, -0.05) is 6.92 Å². The van der Waals surface area contributed by atoms with Gasteiger partial charge in [-0.25, -0.2) is 9.97 Å². The van der Waals surface area contributed by atoms with Crippen LogP contribution in [-0.4, -0.2) is 9.97 Å². The molecule has 1 aliphatic carbocycles. The van der Waals surface area contributed by atoms with Crippen LogP contribution >= 0.6 is 11.8 Å². The molecule has 0 bridgehead atoms. The van der Waals surface area contributed by atoms with Crippen molar-refractivity contribution < 1.29 is 0 Å². The number of nitrogen functional groups attached to an aromatic ring is 1. The lowest BCUT2D eigenvalue weighted by Gasteiger charge is -2.04. The summed E-state index contributed by atoms with van der Waals surface area (Å²) in [6.45, 7) is 2.24. The van der Waals surface area contributed by atoms with Crippen molar-refractivity contribution in [3.63, 3.8) is 0 Å². The molecule has 1 aliphatic heterocycles. The normalized spacial score (nSPS) is 28.9. The quantitative estimate of drug-likeness (QED) is 0.764. The van der Waals surface area contributed by atoms with E-state index < -0.39 is 0 Å². The first-order valence-corrected chi connectivity index (χ1v) is 6.14. The Morgan fingerprint density at radius 3 is 2.86 bits per heavy atom. The van der Waals surface area contributed by atoms with Crippen LogP contribution in [0.2, 0.25) is 0 Å². The van der Waals surface area contributed by atoms with Crippen LogP contribution in [0.15, 0.2) is 0 Å². The van der Waals surface area contributed by atoms with E-state index in [9.17, 15) is 0 Å². The van der Waals surface area contributed by atoms with Crippen LogP contribution < -0.4 is 5.73 Å². The van der Waals surface area contributed by atoms with Crippen molar-refractivity contribution in [3.05, 3.63) is 17.1 Å². The Morgan fingerprint density at radius 1 is 1.36 bits per heavy atom. The van der Waals surface area contributed by atoms with Crippen LogP contribution in [0.5, 0.6) is 0 Å². The molecule has 0 aromatic carbocycles. The van der Waals surface area contributed by atoms with Crippen LogP contribution in [0.1, 0.15) is 36.3 Å². The highest BCUT2D eigenvalue weighted by Gasteiger charge is 2.37. The van der Waals surface area contributed by atoms with E-state index in [-0.39, 0.29) is 0 Å². The first-order chi connectivity index (χ1) is 6.75. The molecule has 1 aromatic rings. The van der Waals surface area contributed by atoms with Crippen molar-refractivity contribution in [2.24, 2.45) is 5.92 Å². The summed E-state index contributed by atoms with van der Waals surface area (Å²) < 4.78 is 0. The Hall–Kier alpha value is -0.770. The zero-order valence-electron chi connectivity index (χ0n) is 8.16. The molecule has 2 N–H and O–H groups in total. The summed E-state index contributed by atoms with van der Waals surface area (Å²) in [4.78, 5) is 9.03. The summed E-state index contributed by atoms with van der Waals surface area (Å²) in [5, 5.41) is 0. The number of nitrogens with two attached hydrogens (primary N) is 1. The van der Waals surface area contributed by atoms with Gasteiger partial charge in [-0.05, 0) is 12.3 Å². The van der Waals surface area contributed by atoms with Crippen LogP contribution in [0.25, 0.3) is 0 Å². The summed E-state index contributed by atoms with van der Waals surface area (Å²) in [6.07, 6.45) is 1.23. The van der Waals surface area contributed by atoms with Crippen LogP contribution in [0.3, 0.4) is 0 Å². The molecular formula is C10H13N3S. The SMILES string of the molecule is CC1CC1c1nc(N)c2c(n1)CSC2. The monoisotopic (exact) mass is 207 g/mol. The summed E-state index contributed by atoms with van der Waals surface area (Å²) in [5.41, 5.74) is 8.27. The third-order valence-electron chi connectivity index (χ3n) is 3.07. The fourth-order valence-corrected chi connectivity index (χ4v) is 3.00. The van der Waals surface area contributed by atoms with E-state index in [0.29, 0.717) is 11.7 Å². The second-order valence-corrected chi connectivity index (χ2v) is 5.19.